The molecule has 1 aromatic rings. The van der Waals surface area contributed by atoms with Gasteiger partial charge in [0, 0.05) is 0 Å². The van der Waals surface area contributed by atoms with Gasteiger partial charge in [-0.05, 0) is 24.5 Å². The molecule has 0 bridgehead atoms. The lowest BCUT2D eigenvalue weighted by atomic mass is 10.1. The largest absolute Gasteiger partial charge is 0.491 e. The molecule has 0 saturated heterocycles. The Kier molecular flexibility index (Phi) is 7.94. The van der Waals surface area contributed by atoms with E-state index in [9.17, 15) is 9.59 Å². The normalized spacial score (nSPS) is 11.7. The van der Waals surface area contributed by atoms with Gasteiger partial charge in [0.05, 0.1) is 32.9 Å². The summed E-state index contributed by atoms with van der Waals surface area (Å²) in [6.45, 7) is 4.82. The van der Waals surface area contributed by atoms with E-state index in [0.29, 0.717) is 24.0 Å². The minimum atomic E-state index is -0.831. The van der Waals surface area contributed by atoms with Gasteiger partial charge in [-0.2, -0.15) is 0 Å². The molecule has 0 aliphatic heterocycles. The van der Waals surface area contributed by atoms with Crippen LogP contribution in [0.15, 0.2) is 24.3 Å². The number of benzene rings is 1. The minimum Gasteiger partial charge on any atom is -0.491 e. The molecule has 0 saturated carbocycles. The second-order valence-corrected chi connectivity index (χ2v) is 5.53. The van der Waals surface area contributed by atoms with E-state index in [0.717, 1.165) is 6.42 Å². The molecular weight excluding hydrogens is 298 g/mol. The van der Waals surface area contributed by atoms with Crippen LogP contribution in [0.25, 0.3) is 0 Å². The van der Waals surface area contributed by atoms with Crippen LogP contribution in [0.1, 0.15) is 26.7 Å². The molecule has 0 aliphatic rings. The maximum Gasteiger partial charge on any atom is 0.328 e. The third kappa shape index (κ3) is 6.59. The van der Waals surface area contributed by atoms with Crippen LogP contribution in [0, 0.1) is 5.92 Å². The van der Waals surface area contributed by atoms with Gasteiger partial charge in [0.1, 0.15) is 11.8 Å². The quantitative estimate of drug-likeness (QED) is 0.704. The molecule has 0 spiro atoms. The van der Waals surface area contributed by atoms with Crippen molar-refractivity contribution in [2.45, 2.75) is 32.7 Å². The fourth-order valence-electron chi connectivity index (χ4n) is 1.89. The van der Waals surface area contributed by atoms with Gasteiger partial charge in [0.15, 0.2) is 0 Å². The van der Waals surface area contributed by atoms with Crippen LogP contribution in [-0.2, 0) is 19.1 Å². The Morgan fingerprint density at radius 2 is 1.83 bits per heavy atom. The third-order valence-electron chi connectivity index (χ3n) is 3.25. The van der Waals surface area contributed by atoms with Crippen LogP contribution in [-0.4, -0.2) is 38.8 Å². The predicted octanol–water partition coefficient (Wildman–Crippen LogP) is 2.63. The second-order valence-electron chi connectivity index (χ2n) is 5.53. The monoisotopic (exact) mass is 323 g/mol. The molecule has 0 heterocycles. The maximum absolute atomic E-state index is 11.8. The Bertz CT molecular complexity index is 515. The molecule has 0 fully saturated rings. The summed E-state index contributed by atoms with van der Waals surface area (Å²) >= 11 is 0. The number of rotatable bonds is 9. The van der Waals surface area contributed by atoms with Gasteiger partial charge in [0.2, 0.25) is 0 Å². The fourth-order valence-corrected chi connectivity index (χ4v) is 1.89. The summed E-state index contributed by atoms with van der Waals surface area (Å²) in [6.07, 6.45) is 0.806. The third-order valence-corrected chi connectivity index (χ3v) is 3.25. The lowest BCUT2D eigenvalue weighted by Gasteiger charge is -2.19. The molecule has 128 valence electrons. The van der Waals surface area contributed by atoms with Crippen LogP contribution < -0.4 is 10.1 Å². The molecule has 0 amide bonds. The Morgan fingerprint density at radius 1 is 1.13 bits per heavy atom. The van der Waals surface area contributed by atoms with Crippen molar-refractivity contribution < 1.29 is 23.8 Å². The molecule has 1 aromatic carbocycles. The summed E-state index contributed by atoms with van der Waals surface area (Å²) < 4.78 is 15.1. The number of methoxy groups -OCH3 is 2. The number of ether oxygens (including phenoxy) is 3. The average Bonchev–Trinajstić information content (AvgIpc) is 2.54. The van der Waals surface area contributed by atoms with E-state index in [-0.39, 0.29) is 6.42 Å². The summed E-state index contributed by atoms with van der Waals surface area (Å²) in [5, 5.41) is 3.00. The highest BCUT2D eigenvalue weighted by Gasteiger charge is 2.24. The molecule has 6 nitrogen and oxygen atoms in total. The van der Waals surface area contributed by atoms with Crippen LogP contribution >= 0.6 is 0 Å². The number of para-hydroxylation sites is 2. The fraction of sp³-hybridized carbons (Fsp3) is 0.529. The number of hydrogen-bond donors (Lipinski definition) is 1. The van der Waals surface area contributed by atoms with Crippen molar-refractivity contribution in [2.75, 3.05) is 26.1 Å². The Balaban J connectivity index is 2.82. The molecule has 1 atom stereocenters. The van der Waals surface area contributed by atoms with Crippen molar-refractivity contribution in [1.29, 1.82) is 0 Å². The van der Waals surface area contributed by atoms with Crippen molar-refractivity contribution in [3.05, 3.63) is 24.3 Å². The van der Waals surface area contributed by atoms with Gasteiger partial charge in [-0.3, -0.25) is 4.79 Å². The average molecular weight is 323 g/mol. The number of hydrogen-bond acceptors (Lipinski definition) is 6. The topological polar surface area (TPSA) is 73.9 Å². The molecule has 0 aromatic heterocycles. The zero-order chi connectivity index (χ0) is 17.2. The van der Waals surface area contributed by atoms with Crippen LogP contribution in [0.4, 0.5) is 5.69 Å². The van der Waals surface area contributed by atoms with Crippen molar-refractivity contribution in [3.8, 4) is 5.75 Å². The smallest absolute Gasteiger partial charge is 0.328 e. The summed E-state index contributed by atoms with van der Waals surface area (Å²) in [4.78, 5) is 23.3. The van der Waals surface area contributed by atoms with Crippen molar-refractivity contribution >= 4 is 17.6 Å². The van der Waals surface area contributed by atoms with Crippen molar-refractivity contribution in [2.24, 2.45) is 5.92 Å². The zero-order valence-electron chi connectivity index (χ0n) is 14.1. The Labute approximate surface area is 137 Å². The van der Waals surface area contributed by atoms with Gasteiger partial charge in [-0.15, -0.1) is 0 Å². The van der Waals surface area contributed by atoms with E-state index in [1.54, 1.807) is 6.07 Å². The molecule has 0 unspecified atom stereocenters. The van der Waals surface area contributed by atoms with E-state index in [2.05, 4.69) is 23.9 Å². The highest BCUT2D eigenvalue weighted by molar-refractivity contribution is 5.85. The lowest BCUT2D eigenvalue weighted by molar-refractivity contribution is -0.148. The molecular formula is C17H25NO5. The molecule has 6 heteroatoms. The van der Waals surface area contributed by atoms with E-state index < -0.39 is 18.0 Å². The van der Waals surface area contributed by atoms with Crippen molar-refractivity contribution in [3.63, 3.8) is 0 Å². The molecule has 0 radical (unpaired) electrons. The van der Waals surface area contributed by atoms with Gasteiger partial charge < -0.3 is 19.5 Å². The number of carbonyl (C=O) groups is 2. The maximum atomic E-state index is 11.8. The van der Waals surface area contributed by atoms with Gasteiger partial charge in [-0.1, -0.05) is 26.0 Å². The highest BCUT2D eigenvalue weighted by atomic mass is 16.5. The van der Waals surface area contributed by atoms with E-state index in [1.807, 2.05) is 18.2 Å². The molecule has 1 rings (SSSR count). The van der Waals surface area contributed by atoms with Crippen LogP contribution in [0.5, 0.6) is 5.75 Å². The summed E-state index contributed by atoms with van der Waals surface area (Å²) in [6, 6.07) is 6.45. The standard InChI is InChI=1S/C17H25NO5/c1-12(2)9-10-23-15-8-6-5-7-13(15)18-14(17(20)22-4)11-16(19)21-3/h5-8,12,14,18H,9-11H2,1-4H3/t14-/m0/s1. The van der Waals surface area contributed by atoms with Gasteiger partial charge in [0.25, 0.3) is 0 Å². The van der Waals surface area contributed by atoms with Gasteiger partial charge >= 0.3 is 11.9 Å². The predicted molar refractivity (Wildman–Crippen MR) is 87.5 cm³/mol. The number of carbonyl (C=O) groups excluding carboxylic acids is 2. The molecule has 23 heavy (non-hydrogen) atoms. The molecule has 0 aliphatic carbocycles. The van der Waals surface area contributed by atoms with Crippen LogP contribution in [0.2, 0.25) is 0 Å². The Morgan fingerprint density at radius 3 is 2.43 bits per heavy atom. The van der Waals surface area contributed by atoms with E-state index in [4.69, 9.17) is 9.47 Å². The first-order valence-electron chi connectivity index (χ1n) is 7.61. The SMILES string of the molecule is COC(=O)C[C@H](Nc1ccccc1OCCC(C)C)C(=O)OC. The van der Waals surface area contributed by atoms with Crippen LogP contribution in [0.3, 0.4) is 0 Å². The van der Waals surface area contributed by atoms with Crippen molar-refractivity contribution in [1.82, 2.24) is 0 Å². The second kappa shape index (κ2) is 9.71. The van der Waals surface area contributed by atoms with Gasteiger partial charge in [-0.25, -0.2) is 4.79 Å². The summed E-state index contributed by atoms with van der Waals surface area (Å²) in [5.74, 6) is 0.141. The highest BCUT2D eigenvalue weighted by Crippen LogP contribution is 2.25. The minimum absolute atomic E-state index is 0.122. The number of anilines is 1. The summed E-state index contributed by atoms with van der Waals surface area (Å²) in [7, 11) is 2.55. The first kappa shape index (κ1) is 18.8. The van der Waals surface area contributed by atoms with E-state index >= 15 is 0 Å². The lowest BCUT2D eigenvalue weighted by Crippen LogP contribution is -2.33. The number of nitrogens with one attached hydrogen (secondary N) is 1. The molecule has 1 N–H and O–H groups in total. The first-order chi connectivity index (χ1) is 11.0. The number of esters is 2. The summed E-state index contributed by atoms with van der Waals surface area (Å²) in [5.41, 5.74) is 0.635. The Hall–Kier alpha value is -2.24. The van der Waals surface area contributed by atoms with E-state index in [1.165, 1.54) is 14.2 Å². The zero-order valence-corrected chi connectivity index (χ0v) is 14.1. The first-order valence-corrected chi connectivity index (χ1v) is 7.61.